The van der Waals surface area contributed by atoms with E-state index in [0.717, 1.165) is 5.56 Å². The molecule has 0 radical (unpaired) electrons. The summed E-state index contributed by atoms with van der Waals surface area (Å²) < 4.78 is 5.04. The van der Waals surface area contributed by atoms with Gasteiger partial charge in [0.15, 0.2) is 5.78 Å². The minimum atomic E-state index is -0.334. The maximum atomic E-state index is 12.4. The summed E-state index contributed by atoms with van der Waals surface area (Å²) in [4.78, 5) is 15.1. The highest BCUT2D eigenvalue weighted by molar-refractivity contribution is 6.11. The summed E-state index contributed by atoms with van der Waals surface area (Å²) in [5, 5.41) is 3.50. The van der Waals surface area contributed by atoms with Gasteiger partial charge in [-0.25, -0.2) is 0 Å². The van der Waals surface area contributed by atoms with E-state index in [1.165, 1.54) is 0 Å². The average molecular weight is 279 g/mol. The number of azide groups is 1. The van der Waals surface area contributed by atoms with Crippen molar-refractivity contribution in [3.05, 3.63) is 81.9 Å². The molecule has 0 unspecified atom stereocenters. The predicted molar refractivity (Wildman–Crippen MR) is 80.9 cm³/mol. The van der Waals surface area contributed by atoms with E-state index in [0.29, 0.717) is 11.3 Å². The first-order valence-corrected chi connectivity index (χ1v) is 6.25. The van der Waals surface area contributed by atoms with Crippen LogP contribution in [0.3, 0.4) is 0 Å². The molecular formula is C16H13N3O2. The van der Waals surface area contributed by atoms with Crippen molar-refractivity contribution in [3.8, 4) is 5.75 Å². The van der Waals surface area contributed by atoms with E-state index in [4.69, 9.17) is 10.3 Å². The summed E-state index contributed by atoms with van der Waals surface area (Å²) in [5.41, 5.74) is 9.92. The van der Waals surface area contributed by atoms with Crippen molar-refractivity contribution in [1.29, 1.82) is 0 Å². The van der Waals surface area contributed by atoms with Crippen molar-refractivity contribution in [2.75, 3.05) is 7.11 Å². The molecule has 21 heavy (non-hydrogen) atoms. The van der Waals surface area contributed by atoms with E-state index in [1.54, 1.807) is 37.5 Å². The summed E-state index contributed by atoms with van der Waals surface area (Å²) in [6.45, 7) is 0. The van der Waals surface area contributed by atoms with E-state index in [-0.39, 0.29) is 11.5 Å². The third-order valence-electron chi connectivity index (χ3n) is 2.84. The lowest BCUT2D eigenvalue weighted by atomic mass is 10.1. The molecule has 0 aliphatic carbocycles. The van der Waals surface area contributed by atoms with Gasteiger partial charge >= 0.3 is 0 Å². The van der Waals surface area contributed by atoms with Gasteiger partial charge < -0.3 is 4.74 Å². The van der Waals surface area contributed by atoms with Crippen LogP contribution in [0.2, 0.25) is 0 Å². The Labute approximate surface area is 122 Å². The molecule has 2 rings (SSSR count). The van der Waals surface area contributed by atoms with Crippen LogP contribution >= 0.6 is 0 Å². The number of Topliss-reactive ketones (excluding diaryl/α,β-unsaturated/α-hetero) is 1. The number of carbonyl (C=O) groups is 1. The summed E-state index contributed by atoms with van der Waals surface area (Å²) >= 11 is 0. The van der Waals surface area contributed by atoms with Gasteiger partial charge in [0.25, 0.3) is 0 Å². The van der Waals surface area contributed by atoms with Crippen molar-refractivity contribution >= 4 is 11.9 Å². The fourth-order valence-electron chi connectivity index (χ4n) is 1.79. The van der Waals surface area contributed by atoms with Crippen LogP contribution in [-0.2, 0) is 0 Å². The second-order valence-corrected chi connectivity index (χ2v) is 4.19. The van der Waals surface area contributed by atoms with Crippen molar-refractivity contribution in [1.82, 2.24) is 0 Å². The van der Waals surface area contributed by atoms with E-state index < -0.39 is 0 Å². The minimum Gasteiger partial charge on any atom is -0.497 e. The quantitative estimate of drug-likeness (QED) is 0.270. The van der Waals surface area contributed by atoms with Crippen molar-refractivity contribution in [2.24, 2.45) is 5.11 Å². The smallest absolute Gasteiger partial charge is 0.195 e. The Morgan fingerprint density at radius 1 is 1.14 bits per heavy atom. The SMILES string of the molecule is COc1ccc(C(=O)/C(=C/c2ccccc2)N=[N+]=[N-])cc1. The summed E-state index contributed by atoms with van der Waals surface area (Å²) in [6, 6.07) is 15.8. The van der Waals surface area contributed by atoms with Gasteiger partial charge in [0.2, 0.25) is 0 Å². The molecule has 2 aromatic carbocycles. The van der Waals surface area contributed by atoms with Gasteiger partial charge in [-0.05, 0) is 41.4 Å². The fourth-order valence-corrected chi connectivity index (χ4v) is 1.79. The summed E-state index contributed by atoms with van der Waals surface area (Å²) in [6.07, 6.45) is 1.56. The highest BCUT2D eigenvalue weighted by Crippen LogP contribution is 2.17. The number of allylic oxidation sites excluding steroid dienone is 1. The molecule has 5 heteroatoms. The zero-order chi connectivity index (χ0) is 15.1. The third-order valence-corrected chi connectivity index (χ3v) is 2.84. The maximum Gasteiger partial charge on any atom is 0.195 e. The highest BCUT2D eigenvalue weighted by atomic mass is 16.5. The molecule has 0 atom stereocenters. The number of rotatable bonds is 5. The Balaban J connectivity index is 2.35. The summed E-state index contributed by atoms with van der Waals surface area (Å²) in [5.74, 6) is 0.322. The molecule has 5 nitrogen and oxygen atoms in total. The molecule has 0 saturated heterocycles. The second-order valence-electron chi connectivity index (χ2n) is 4.19. The zero-order valence-electron chi connectivity index (χ0n) is 11.4. The molecular weight excluding hydrogens is 266 g/mol. The number of hydrogen-bond acceptors (Lipinski definition) is 3. The molecule has 0 aromatic heterocycles. The zero-order valence-corrected chi connectivity index (χ0v) is 11.4. The lowest BCUT2D eigenvalue weighted by molar-refractivity contribution is 0.103. The molecule has 0 spiro atoms. The Morgan fingerprint density at radius 3 is 2.38 bits per heavy atom. The molecule has 0 saturated carbocycles. The third kappa shape index (κ3) is 3.72. The highest BCUT2D eigenvalue weighted by Gasteiger charge is 2.11. The standard InChI is InChI=1S/C16H13N3O2/c1-21-14-9-7-13(8-10-14)16(20)15(18-19-17)11-12-5-3-2-4-6-12/h2-11H,1H3/b15-11-. The normalized spacial score (nSPS) is 10.6. The van der Waals surface area contributed by atoms with Crippen LogP contribution in [0, 0.1) is 0 Å². The van der Waals surface area contributed by atoms with Gasteiger partial charge in [0, 0.05) is 10.5 Å². The molecule has 2 aromatic rings. The first kappa shape index (κ1) is 14.4. The molecule has 0 bridgehead atoms. The number of nitrogens with zero attached hydrogens (tertiary/aromatic N) is 3. The van der Waals surface area contributed by atoms with Crippen molar-refractivity contribution in [2.45, 2.75) is 0 Å². The molecule has 0 N–H and O–H groups in total. The number of benzene rings is 2. The van der Waals surface area contributed by atoms with Crippen molar-refractivity contribution < 1.29 is 9.53 Å². The number of ketones is 1. The van der Waals surface area contributed by atoms with E-state index in [9.17, 15) is 4.79 Å². The molecule has 0 aliphatic rings. The van der Waals surface area contributed by atoms with E-state index in [1.807, 2.05) is 30.3 Å². The number of hydrogen-bond donors (Lipinski definition) is 0. The molecule has 0 fully saturated rings. The van der Waals surface area contributed by atoms with Crippen LogP contribution < -0.4 is 4.74 Å². The van der Waals surface area contributed by atoms with E-state index >= 15 is 0 Å². The van der Waals surface area contributed by atoms with Gasteiger partial charge in [0.1, 0.15) is 5.75 Å². The lowest BCUT2D eigenvalue weighted by Gasteiger charge is -2.03. The second kappa shape index (κ2) is 6.93. The Morgan fingerprint density at radius 2 is 1.81 bits per heavy atom. The largest absolute Gasteiger partial charge is 0.497 e. The molecule has 0 amide bonds. The van der Waals surface area contributed by atoms with Crippen LogP contribution in [-0.4, -0.2) is 12.9 Å². The minimum absolute atomic E-state index is 0.0499. The molecule has 0 heterocycles. The van der Waals surface area contributed by atoms with Gasteiger partial charge in [-0.3, -0.25) is 4.79 Å². The van der Waals surface area contributed by atoms with E-state index in [2.05, 4.69) is 10.0 Å². The first-order chi connectivity index (χ1) is 10.2. The summed E-state index contributed by atoms with van der Waals surface area (Å²) in [7, 11) is 1.55. The number of methoxy groups -OCH3 is 1. The maximum absolute atomic E-state index is 12.4. The molecule has 104 valence electrons. The molecule has 0 aliphatic heterocycles. The predicted octanol–water partition coefficient (Wildman–Crippen LogP) is 4.23. The monoisotopic (exact) mass is 279 g/mol. The first-order valence-electron chi connectivity index (χ1n) is 6.25. The van der Waals surface area contributed by atoms with Crippen molar-refractivity contribution in [3.63, 3.8) is 0 Å². The fraction of sp³-hybridized carbons (Fsp3) is 0.0625. The van der Waals surface area contributed by atoms with Crippen LogP contribution in [0.1, 0.15) is 15.9 Å². The van der Waals surface area contributed by atoms with Crippen LogP contribution in [0.5, 0.6) is 5.75 Å². The number of ether oxygens (including phenoxy) is 1. The topological polar surface area (TPSA) is 75.1 Å². The van der Waals surface area contributed by atoms with Crippen LogP contribution in [0.15, 0.2) is 65.4 Å². The van der Waals surface area contributed by atoms with Crippen LogP contribution in [0.4, 0.5) is 0 Å². The Bertz CT molecular complexity index is 700. The van der Waals surface area contributed by atoms with Gasteiger partial charge in [-0.2, -0.15) is 0 Å². The average Bonchev–Trinajstić information content (AvgIpc) is 2.55. The Hall–Kier alpha value is -3.04. The van der Waals surface area contributed by atoms with Crippen LogP contribution in [0.25, 0.3) is 16.5 Å². The van der Waals surface area contributed by atoms with Gasteiger partial charge in [-0.1, -0.05) is 35.4 Å². The number of carbonyl (C=O) groups excluding carboxylic acids is 1. The Kier molecular flexibility index (Phi) is 4.75. The van der Waals surface area contributed by atoms with Gasteiger partial charge in [0.05, 0.1) is 12.8 Å². The van der Waals surface area contributed by atoms with Gasteiger partial charge in [-0.15, -0.1) is 0 Å². The lowest BCUT2D eigenvalue weighted by Crippen LogP contribution is -2.01.